The van der Waals surface area contributed by atoms with Crippen LogP contribution >= 0.6 is 11.8 Å². The number of carbonyl (C=O) groups is 1. The average molecular weight is 277 g/mol. The van der Waals surface area contributed by atoms with Crippen LogP contribution in [0.1, 0.15) is 6.92 Å². The highest BCUT2D eigenvalue weighted by Crippen LogP contribution is 2.26. The lowest BCUT2D eigenvalue weighted by Crippen LogP contribution is -2.29. The van der Waals surface area contributed by atoms with Crippen molar-refractivity contribution in [3.63, 3.8) is 0 Å². The van der Waals surface area contributed by atoms with Crippen molar-refractivity contribution < 1.29 is 9.21 Å². The van der Waals surface area contributed by atoms with Gasteiger partial charge in [0, 0.05) is 19.7 Å². The van der Waals surface area contributed by atoms with E-state index in [-0.39, 0.29) is 11.2 Å². The Morgan fingerprint density at radius 1 is 1.26 bits per heavy atom. The lowest BCUT2D eigenvalue weighted by Gasteiger charge is -2.14. The van der Waals surface area contributed by atoms with E-state index in [1.165, 1.54) is 11.8 Å². The summed E-state index contributed by atoms with van der Waals surface area (Å²) in [7, 11) is 3.45. The van der Waals surface area contributed by atoms with Crippen molar-refractivity contribution >= 4 is 17.7 Å². The van der Waals surface area contributed by atoms with Gasteiger partial charge < -0.3 is 9.32 Å². The molecule has 2 aromatic rings. The Bertz CT molecular complexity index is 554. The zero-order valence-corrected chi connectivity index (χ0v) is 11.8. The lowest BCUT2D eigenvalue weighted by atomic mass is 10.2. The van der Waals surface area contributed by atoms with E-state index in [0.717, 1.165) is 5.56 Å². The molecule has 1 atom stereocenters. The summed E-state index contributed by atoms with van der Waals surface area (Å²) in [5.41, 5.74) is 0.869. The number of amides is 1. The number of aromatic nitrogens is 2. The van der Waals surface area contributed by atoms with E-state index in [2.05, 4.69) is 10.2 Å². The molecule has 6 heteroatoms. The maximum absolute atomic E-state index is 11.7. The molecule has 0 saturated carbocycles. The van der Waals surface area contributed by atoms with E-state index in [1.54, 1.807) is 19.0 Å². The molecule has 1 aromatic heterocycles. The highest BCUT2D eigenvalue weighted by molar-refractivity contribution is 8.00. The van der Waals surface area contributed by atoms with E-state index in [4.69, 9.17) is 4.42 Å². The minimum absolute atomic E-state index is 0.0180. The maximum atomic E-state index is 11.7. The summed E-state index contributed by atoms with van der Waals surface area (Å²) in [4.78, 5) is 13.3. The Balaban J connectivity index is 2.08. The van der Waals surface area contributed by atoms with Crippen LogP contribution in [0.25, 0.3) is 11.5 Å². The molecule has 0 saturated heterocycles. The molecule has 0 aliphatic carbocycles. The Hall–Kier alpha value is -1.82. The number of hydrogen-bond acceptors (Lipinski definition) is 5. The molecule has 1 heterocycles. The molecule has 1 aromatic carbocycles. The van der Waals surface area contributed by atoms with Crippen molar-refractivity contribution in [1.29, 1.82) is 0 Å². The van der Waals surface area contributed by atoms with E-state index >= 15 is 0 Å². The fraction of sp³-hybridized carbons (Fsp3) is 0.308. The van der Waals surface area contributed by atoms with Gasteiger partial charge >= 0.3 is 0 Å². The molecule has 1 unspecified atom stereocenters. The van der Waals surface area contributed by atoms with Crippen LogP contribution in [0.2, 0.25) is 0 Å². The summed E-state index contributed by atoms with van der Waals surface area (Å²) in [5, 5.41) is 8.08. The predicted molar refractivity (Wildman–Crippen MR) is 73.7 cm³/mol. The molecule has 0 aliphatic rings. The van der Waals surface area contributed by atoms with Crippen molar-refractivity contribution in [2.24, 2.45) is 0 Å². The Morgan fingerprint density at radius 2 is 1.95 bits per heavy atom. The summed E-state index contributed by atoms with van der Waals surface area (Å²) in [5.74, 6) is 0.483. The Morgan fingerprint density at radius 3 is 2.58 bits per heavy atom. The van der Waals surface area contributed by atoms with Gasteiger partial charge in [0.25, 0.3) is 5.22 Å². The molecular weight excluding hydrogens is 262 g/mol. The van der Waals surface area contributed by atoms with Crippen molar-refractivity contribution in [3.8, 4) is 11.5 Å². The van der Waals surface area contributed by atoms with Gasteiger partial charge in [0.15, 0.2) is 0 Å². The maximum Gasteiger partial charge on any atom is 0.277 e. The third kappa shape index (κ3) is 3.35. The summed E-state index contributed by atoms with van der Waals surface area (Å²) in [6, 6.07) is 9.54. The fourth-order valence-corrected chi connectivity index (χ4v) is 2.35. The first-order valence-electron chi connectivity index (χ1n) is 5.84. The van der Waals surface area contributed by atoms with Gasteiger partial charge in [0.1, 0.15) is 0 Å². The molecule has 100 valence electrons. The molecule has 0 fully saturated rings. The zero-order valence-electron chi connectivity index (χ0n) is 11.0. The first-order valence-corrected chi connectivity index (χ1v) is 6.72. The fourth-order valence-electron chi connectivity index (χ4n) is 1.52. The quantitative estimate of drug-likeness (QED) is 0.803. The molecular formula is C13H15N3O2S. The average Bonchev–Trinajstić information content (AvgIpc) is 2.87. The standard InChI is InChI=1S/C13H15N3O2S/c1-9(12(17)16(2)3)19-13-15-14-11(18-13)10-7-5-4-6-8-10/h4-9H,1-3H3. The van der Waals surface area contributed by atoms with Crippen LogP contribution in [0, 0.1) is 0 Å². The van der Waals surface area contributed by atoms with Gasteiger partial charge in [-0.1, -0.05) is 30.0 Å². The summed E-state index contributed by atoms with van der Waals surface area (Å²) in [6.07, 6.45) is 0. The van der Waals surface area contributed by atoms with Gasteiger partial charge in [-0.05, 0) is 19.1 Å². The monoisotopic (exact) mass is 277 g/mol. The third-order valence-electron chi connectivity index (χ3n) is 2.49. The van der Waals surface area contributed by atoms with Gasteiger partial charge in [-0.3, -0.25) is 4.79 Å². The number of rotatable bonds is 4. The van der Waals surface area contributed by atoms with Crippen LogP contribution in [0.3, 0.4) is 0 Å². The van der Waals surface area contributed by atoms with Crippen molar-refractivity contribution in [3.05, 3.63) is 30.3 Å². The molecule has 0 bridgehead atoms. The van der Waals surface area contributed by atoms with Crippen molar-refractivity contribution in [1.82, 2.24) is 15.1 Å². The number of hydrogen-bond donors (Lipinski definition) is 0. The third-order valence-corrected chi connectivity index (χ3v) is 3.42. The summed E-state index contributed by atoms with van der Waals surface area (Å²) in [6.45, 7) is 1.82. The number of nitrogens with zero attached hydrogens (tertiary/aromatic N) is 3. The van der Waals surface area contributed by atoms with E-state index in [9.17, 15) is 4.79 Å². The van der Waals surface area contributed by atoms with Crippen LogP contribution in [0.4, 0.5) is 0 Å². The van der Waals surface area contributed by atoms with E-state index in [1.807, 2.05) is 37.3 Å². The van der Waals surface area contributed by atoms with Gasteiger partial charge in [0.2, 0.25) is 11.8 Å². The number of carbonyl (C=O) groups excluding carboxylic acids is 1. The zero-order chi connectivity index (χ0) is 13.8. The molecule has 5 nitrogen and oxygen atoms in total. The van der Waals surface area contributed by atoms with Gasteiger partial charge in [-0.2, -0.15) is 0 Å². The normalized spacial score (nSPS) is 12.2. The molecule has 0 N–H and O–H groups in total. The predicted octanol–water partition coefficient (Wildman–Crippen LogP) is 2.31. The largest absolute Gasteiger partial charge is 0.411 e. The SMILES string of the molecule is CC(Sc1nnc(-c2ccccc2)o1)C(=O)N(C)C. The highest BCUT2D eigenvalue weighted by atomic mass is 32.2. The van der Waals surface area contributed by atoms with Crippen LogP contribution < -0.4 is 0 Å². The smallest absolute Gasteiger partial charge is 0.277 e. The Labute approximate surface area is 116 Å². The number of thioether (sulfide) groups is 1. The van der Waals surface area contributed by atoms with Crippen molar-refractivity contribution in [2.45, 2.75) is 17.4 Å². The second-order valence-electron chi connectivity index (χ2n) is 4.23. The summed E-state index contributed by atoms with van der Waals surface area (Å²) < 4.78 is 5.54. The lowest BCUT2D eigenvalue weighted by molar-refractivity contribution is -0.127. The van der Waals surface area contributed by atoms with Crippen LogP contribution in [-0.4, -0.2) is 40.3 Å². The van der Waals surface area contributed by atoms with Crippen LogP contribution in [0.15, 0.2) is 40.0 Å². The molecule has 0 radical (unpaired) electrons. The van der Waals surface area contributed by atoms with Crippen molar-refractivity contribution in [2.75, 3.05) is 14.1 Å². The van der Waals surface area contributed by atoms with Gasteiger partial charge in [0.05, 0.1) is 5.25 Å². The molecule has 0 aliphatic heterocycles. The Kier molecular flexibility index (Phi) is 4.21. The second kappa shape index (κ2) is 5.88. The van der Waals surface area contributed by atoms with Crippen LogP contribution in [0.5, 0.6) is 0 Å². The highest BCUT2D eigenvalue weighted by Gasteiger charge is 2.19. The minimum Gasteiger partial charge on any atom is -0.411 e. The topological polar surface area (TPSA) is 59.2 Å². The van der Waals surface area contributed by atoms with Gasteiger partial charge in [-0.25, -0.2) is 0 Å². The molecule has 1 amide bonds. The molecule has 2 rings (SSSR count). The second-order valence-corrected chi connectivity index (χ2v) is 5.52. The number of benzene rings is 1. The van der Waals surface area contributed by atoms with E-state index < -0.39 is 0 Å². The molecule has 19 heavy (non-hydrogen) atoms. The minimum atomic E-state index is -0.251. The van der Waals surface area contributed by atoms with E-state index in [0.29, 0.717) is 11.1 Å². The van der Waals surface area contributed by atoms with Crippen LogP contribution in [-0.2, 0) is 4.79 Å². The summed E-state index contributed by atoms with van der Waals surface area (Å²) >= 11 is 1.26. The van der Waals surface area contributed by atoms with Gasteiger partial charge in [-0.15, -0.1) is 10.2 Å². The first-order chi connectivity index (χ1) is 9.08. The first kappa shape index (κ1) is 13.6. The molecule has 0 spiro atoms.